The number of aryl methyl sites for hydroxylation is 1. The van der Waals surface area contributed by atoms with Crippen molar-refractivity contribution in [1.82, 2.24) is 4.90 Å². The topological polar surface area (TPSA) is 15.3 Å². The number of anilines is 1. The Balaban J connectivity index is 1.91. The van der Waals surface area contributed by atoms with Crippen molar-refractivity contribution in [1.29, 1.82) is 0 Å². The molecule has 13 heavy (non-hydrogen) atoms. The van der Waals surface area contributed by atoms with Crippen LogP contribution >= 0.6 is 0 Å². The zero-order chi connectivity index (χ0) is 9.26. The van der Waals surface area contributed by atoms with Gasteiger partial charge in [0, 0.05) is 18.8 Å². The quantitative estimate of drug-likeness (QED) is 0.738. The molecule has 0 saturated carbocycles. The van der Waals surface area contributed by atoms with E-state index in [0.717, 1.165) is 13.1 Å². The normalized spacial score (nSPS) is 18.3. The summed E-state index contributed by atoms with van der Waals surface area (Å²) in [5.74, 6) is 0. The number of nitrogens with one attached hydrogen (secondary N) is 1. The summed E-state index contributed by atoms with van der Waals surface area (Å²) in [6.45, 7) is 4.43. The van der Waals surface area contributed by atoms with Gasteiger partial charge in [-0.15, -0.1) is 0 Å². The second kappa shape index (κ2) is 3.38. The minimum absolute atomic E-state index is 0.646. The number of nitrogens with zero attached hydrogens (tertiary/aromatic N) is 1. The highest BCUT2D eigenvalue weighted by Gasteiger charge is 2.22. The Bertz CT molecular complexity index is 273. The highest BCUT2D eigenvalue weighted by atomic mass is 15.2. The zero-order valence-electron chi connectivity index (χ0n) is 8.25. The van der Waals surface area contributed by atoms with Crippen molar-refractivity contribution < 1.29 is 0 Å². The maximum absolute atomic E-state index is 3.49. The van der Waals surface area contributed by atoms with E-state index in [-0.39, 0.29) is 0 Å². The molecule has 1 saturated heterocycles. The van der Waals surface area contributed by atoms with Crippen molar-refractivity contribution in [3.05, 3.63) is 29.8 Å². The number of benzene rings is 1. The molecule has 1 aliphatic rings. The van der Waals surface area contributed by atoms with Gasteiger partial charge in [-0.2, -0.15) is 0 Å². The molecule has 2 nitrogen and oxygen atoms in total. The zero-order valence-corrected chi connectivity index (χ0v) is 8.25. The van der Waals surface area contributed by atoms with Crippen LogP contribution in [0, 0.1) is 6.92 Å². The maximum Gasteiger partial charge on any atom is 0.0515 e. The molecule has 0 amide bonds. The number of hydrogen-bond donors (Lipinski definition) is 1. The lowest BCUT2D eigenvalue weighted by atomic mass is 10.1. The number of likely N-dealkylation sites (tertiary alicyclic amines) is 1. The van der Waals surface area contributed by atoms with E-state index in [9.17, 15) is 0 Å². The standard InChI is InChI=1S/C11H16N2/c1-9-3-5-10(6-4-9)12-11-7-13(2)8-11/h3-6,11-12H,7-8H2,1-2H3. The van der Waals surface area contributed by atoms with Gasteiger partial charge in [-0.3, -0.25) is 0 Å². The van der Waals surface area contributed by atoms with Gasteiger partial charge < -0.3 is 10.2 Å². The lowest BCUT2D eigenvalue weighted by molar-refractivity contribution is 0.205. The van der Waals surface area contributed by atoms with Crippen LogP contribution in [0.25, 0.3) is 0 Å². The summed E-state index contributed by atoms with van der Waals surface area (Å²) in [5.41, 5.74) is 2.56. The van der Waals surface area contributed by atoms with Crippen LogP contribution in [0.15, 0.2) is 24.3 Å². The van der Waals surface area contributed by atoms with Gasteiger partial charge in [0.1, 0.15) is 0 Å². The first kappa shape index (κ1) is 8.57. The average Bonchev–Trinajstić information content (AvgIpc) is 2.06. The Labute approximate surface area is 79.6 Å². The highest BCUT2D eigenvalue weighted by molar-refractivity contribution is 5.45. The van der Waals surface area contributed by atoms with Gasteiger partial charge >= 0.3 is 0 Å². The molecule has 0 radical (unpaired) electrons. The molecule has 1 aromatic carbocycles. The average molecular weight is 176 g/mol. The fourth-order valence-electron chi connectivity index (χ4n) is 1.68. The number of hydrogen-bond acceptors (Lipinski definition) is 2. The lowest BCUT2D eigenvalue weighted by Gasteiger charge is -2.37. The second-order valence-electron chi connectivity index (χ2n) is 3.93. The van der Waals surface area contributed by atoms with E-state index in [0.29, 0.717) is 6.04 Å². The number of likely N-dealkylation sites (N-methyl/N-ethyl adjacent to an activating group) is 1. The Hall–Kier alpha value is -1.02. The molecule has 1 N–H and O–H groups in total. The van der Waals surface area contributed by atoms with E-state index in [1.54, 1.807) is 0 Å². The molecule has 0 unspecified atom stereocenters. The molecular weight excluding hydrogens is 160 g/mol. The predicted octanol–water partition coefficient (Wildman–Crippen LogP) is 1.72. The molecule has 2 heteroatoms. The lowest BCUT2D eigenvalue weighted by Crippen LogP contribution is -2.52. The predicted molar refractivity (Wildman–Crippen MR) is 56.1 cm³/mol. The summed E-state index contributed by atoms with van der Waals surface area (Å²) in [5, 5.41) is 3.49. The van der Waals surface area contributed by atoms with Crippen molar-refractivity contribution in [3.63, 3.8) is 0 Å². The highest BCUT2D eigenvalue weighted by Crippen LogP contribution is 2.14. The van der Waals surface area contributed by atoms with Crippen LogP contribution in [0.4, 0.5) is 5.69 Å². The SMILES string of the molecule is Cc1ccc(NC2CN(C)C2)cc1. The van der Waals surface area contributed by atoms with Crippen molar-refractivity contribution in [2.45, 2.75) is 13.0 Å². The van der Waals surface area contributed by atoms with Crippen LogP contribution in [-0.4, -0.2) is 31.1 Å². The Morgan fingerprint density at radius 3 is 2.38 bits per heavy atom. The minimum atomic E-state index is 0.646. The Kier molecular flexibility index (Phi) is 2.23. The van der Waals surface area contributed by atoms with E-state index in [4.69, 9.17) is 0 Å². The molecule has 2 rings (SSSR count). The first-order chi connectivity index (χ1) is 6.24. The molecule has 0 bridgehead atoms. The van der Waals surface area contributed by atoms with Crippen molar-refractivity contribution >= 4 is 5.69 Å². The van der Waals surface area contributed by atoms with Gasteiger partial charge in [-0.1, -0.05) is 17.7 Å². The summed E-state index contributed by atoms with van der Waals surface area (Å²) in [6, 6.07) is 9.23. The molecule has 1 heterocycles. The molecule has 1 fully saturated rings. The van der Waals surface area contributed by atoms with Crippen molar-refractivity contribution in [2.24, 2.45) is 0 Å². The van der Waals surface area contributed by atoms with Gasteiger partial charge in [-0.05, 0) is 26.1 Å². The van der Waals surface area contributed by atoms with E-state index in [2.05, 4.69) is 48.5 Å². The molecule has 1 aliphatic heterocycles. The first-order valence-corrected chi connectivity index (χ1v) is 4.76. The Morgan fingerprint density at radius 1 is 1.23 bits per heavy atom. The fraction of sp³-hybridized carbons (Fsp3) is 0.455. The third kappa shape index (κ3) is 2.01. The molecule has 70 valence electrons. The van der Waals surface area contributed by atoms with Crippen LogP contribution in [0.2, 0.25) is 0 Å². The summed E-state index contributed by atoms with van der Waals surface area (Å²) in [6.07, 6.45) is 0. The molecule has 1 aromatic rings. The summed E-state index contributed by atoms with van der Waals surface area (Å²) in [4.78, 5) is 2.31. The maximum atomic E-state index is 3.49. The van der Waals surface area contributed by atoms with Crippen molar-refractivity contribution in [2.75, 3.05) is 25.5 Å². The minimum Gasteiger partial charge on any atom is -0.380 e. The molecule has 0 spiro atoms. The van der Waals surface area contributed by atoms with Gasteiger partial charge in [-0.25, -0.2) is 0 Å². The molecular formula is C11H16N2. The summed E-state index contributed by atoms with van der Waals surface area (Å²) >= 11 is 0. The van der Waals surface area contributed by atoms with Gasteiger partial charge in [0.2, 0.25) is 0 Å². The van der Waals surface area contributed by atoms with Gasteiger partial charge in [0.25, 0.3) is 0 Å². The first-order valence-electron chi connectivity index (χ1n) is 4.76. The van der Waals surface area contributed by atoms with E-state index in [1.807, 2.05) is 0 Å². The second-order valence-corrected chi connectivity index (χ2v) is 3.93. The van der Waals surface area contributed by atoms with E-state index in [1.165, 1.54) is 11.3 Å². The monoisotopic (exact) mass is 176 g/mol. The third-order valence-corrected chi connectivity index (χ3v) is 2.49. The van der Waals surface area contributed by atoms with Gasteiger partial charge in [0.05, 0.1) is 6.04 Å². The van der Waals surface area contributed by atoms with E-state index >= 15 is 0 Å². The largest absolute Gasteiger partial charge is 0.380 e. The Morgan fingerprint density at radius 2 is 1.85 bits per heavy atom. The summed E-state index contributed by atoms with van der Waals surface area (Å²) in [7, 11) is 2.15. The van der Waals surface area contributed by atoms with Crippen LogP contribution in [0.3, 0.4) is 0 Å². The molecule has 0 atom stereocenters. The van der Waals surface area contributed by atoms with Crippen LogP contribution in [-0.2, 0) is 0 Å². The molecule has 0 aromatic heterocycles. The third-order valence-electron chi connectivity index (χ3n) is 2.49. The summed E-state index contributed by atoms with van der Waals surface area (Å²) < 4.78 is 0. The van der Waals surface area contributed by atoms with E-state index < -0.39 is 0 Å². The van der Waals surface area contributed by atoms with Gasteiger partial charge in [0.15, 0.2) is 0 Å². The van der Waals surface area contributed by atoms with Crippen LogP contribution in [0.5, 0.6) is 0 Å². The smallest absolute Gasteiger partial charge is 0.0515 e. The van der Waals surface area contributed by atoms with Crippen LogP contribution in [0.1, 0.15) is 5.56 Å². The fourth-order valence-corrected chi connectivity index (χ4v) is 1.68. The van der Waals surface area contributed by atoms with Crippen molar-refractivity contribution in [3.8, 4) is 0 Å². The number of rotatable bonds is 2. The molecule has 0 aliphatic carbocycles. The van der Waals surface area contributed by atoms with Crippen LogP contribution < -0.4 is 5.32 Å².